The summed E-state index contributed by atoms with van der Waals surface area (Å²) in [5.74, 6) is -4.67. The third kappa shape index (κ3) is 24.9. The Morgan fingerprint density at radius 1 is 0.783 bits per heavy atom. The van der Waals surface area contributed by atoms with Crippen LogP contribution in [0.5, 0.6) is 0 Å². The number of nitrogens with zero attached hydrogens (tertiary/aromatic N) is 4. The van der Waals surface area contributed by atoms with Gasteiger partial charge >= 0.3 is 12.1 Å². The molecule has 11 N–H and O–H groups in total. The maximum Gasteiger partial charge on any atom is 0.407 e. The van der Waals surface area contributed by atoms with Crippen LogP contribution in [-0.4, -0.2) is 164 Å². The van der Waals surface area contributed by atoms with Crippen LogP contribution in [0, 0.1) is 0 Å². The van der Waals surface area contributed by atoms with Gasteiger partial charge < -0.3 is 72.2 Å². The van der Waals surface area contributed by atoms with Crippen molar-refractivity contribution in [1.82, 2.24) is 46.9 Å². The SMILES string of the molecule is CC(C)(C)OC(=O)NCCOCCOCCOCCOCCC(=O)NCCCC[C@H]1C(=O)N[C@@H](CCCN=C(N)N)C(=O)NCC(=O)N[C@@H](CC(=O)O)C(=O)N[C@@H](Cc2ccccc2)c2cn1nn2. The van der Waals surface area contributed by atoms with Crippen molar-refractivity contribution in [1.29, 1.82) is 0 Å². The number of nitrogens with one attached hydrogen (secondary N) is 6. The minimum absolute atomic E-state index is 0.0731. The van der Waals surface area contributed by atoms with E-state index in [0.717, 1.165) is 5.56 Å². The second kappa shape index (κ2) is 31.6. The molecule has 384 valence electrons. The summed E-state index contributed by atoms with van der Waals surface area (Å²) in [6, 6.07) is 4.58. The molecule has 0 fully saturated rings. The Kier molecular flexibility index (Phi) is 26.0. The van der Waals surface area contributed by atoms with E-state index in [1.807, 2.05) is 30.3 Å². The van der Waals surface area contributed by atoms with Crippen LogP contribution in [0.25, 0.3) is 0 Å². The number of unbranched alkanes of at least 4 members (excludes halogenated alkanes) is 1. The first kappa shape index (κ1) is 56.9. The van der Waals surface area contributed by atoms with E-state index in [-0.39, 0.29) is 69.4 Å². The van der Waals surface area contributed by atoms with Crippen molar-refractivity contribution < 1.29 is 62.4 Å². The number of benzene rings is 1. The molecular formula is C44H70N12O13. The minimum Gasteiger partial charge on any atom is -0.481 e. The lowest BCUT2D eigenvalue weighted by atomic mass is 10.0. The second-order valence-corrected chi connectivity index (χ2v) is 16.8. The molecule has 0 aliphatic carbocycles. The summed E-state index contributed by atoms with van der Waals surface area (Å²) in [5, 5.41) is 34.0. The minimum atomic E-state index is -1.51. The topological polar surface area (TPSA) is 353 Å². The molecule has 25 nitrogen and oxygen atoms in total. The largest absolute Gasteiger partial charge is 0.481 e. The zero-order valence-corrected chi connectivity index (χ0v) is 39.7. The lowest BCUT2D eigenvalue weighted by Gasteiger charge is -2.24. The summed E-state index contributed by atoms with van der Waals surface area (Å²) in [4.78, 5) is 94.0. The predicted octanol–water partition coefficient (Wildman–Crippen LogP) is -0.885. The van der Waals surface area contributed by atoms with Crippen LogP contribution in [0.15, 0.2) is 41.5 Å². The molecular weight excluding hydrogens is 905 g/mol. The molecule has 25 heteroatoms. The summed E-state index contributed by atoms with van der Waals surface area (Å²) in [5.41, 5.74) is 11.4. The van der Waals surface area contributed by atoms with Gasteiger partial charge in [-0.3, -0.25) is 33.8 Å². The van der Waals surface area contributed by atoms with E-state index in [0.29, 0.717) is 65.6 Å². The molecule has 2 aromatic rings. The Labute approximate surface area is 401 Å². The normalized spacial score (nSPS) is 18.0. The lowest BCUT2D eigenvalue weighted by molar-refractivity contribution is -0.141. The summed E-state index contributed by atoms with van der Waals surface area (Å²) < 4.78 is 28.4. The molecule has 0 saturated heterocycles. The standard InChI is InChI=1S/C44H70N12O13/c1-44(2,3)69-43(64)49-17-19-66-21-23-68-25-24-67-22-20-65-18-14-36(57)47-15-8-7-13-35-41(63)52-31(12-9-16-48-42(45)46)39(61)50-28-37(58)51-33(27-38(59)60)40(62)53-32(34-29-56(35)55-54-34)26-30-10-5-4-6-11-30/h4-6,10-11,29,31-33,35H,7-9,12-28H2,1-3H3,(H,47,57)(H,49,64)(H,50,61)(H,51,58)(H,52,63)(H,53,62)(H,59,60)(H4,45,46,48)/t31-,32-,33-,35-/m0/s1. The van der Waals surface area contributed by atoms with E-state index in [1.54, 1.807) is 20.8 Å². The lowest BCUT2D eigenvalue weighted by Crippen LogP contribution is -2.53. The Balaban J connectivity index is 1.53. The van der Waals surface area contributed by atoms with Gasteiger partial charge in [-0.25, -0.2) is 9.48 Å². The molecule has 6 amide bonds. The third-order valence-electron chi connectivity index (χ3n) is 9.87. The average Bonchev–Trinajstić information content (AvgIpc) is 3.77. The van der Waals surface area contributed by atoms with Gasteiger partial charge in [0.15, 0.2) is 5.96 Å². The van der Waals surface area contributed by atoms with E-state index in [1.165, 1.54) is 10.9 Å². The molecule has 1 aliphatic heterocycles. The van der Waals surface area contributed by atoms with Crippen LogP contribution in [0.3, 0.4) is 0 Å². The zero-order valence-electron chi connectivity index (χ0n) is 39.7. The Morgan fingerprint density at radius 2 is 1.43 bits per heavy atom. The van der Waals surface area contributed by atoms with Gasteiger partial charge in [0.2, 0.25) is 29.5 Å². The van der Waals surface area contributed by atoms with Crippen LogP contribution in [-0.2, 0) is 58.9 Å². The molecule has 1 aliphatic rings. The van der Waals surface area contributed by atoms with E-state index >= 15 is 0 Å². The number of hydrogen-bond acceptors (Lipinski definition) is 15. The van der Waals surface area contributed by atoms with Gasteiger partial charge in [0.05, 0.1) is 78.1 Å². The molecule has 0 spiro atoms. The first-order valence-corrected chi connectivity index (χ1v) is 23.0. The van der Waals surface area contributed by atoms with Crippen molar-refractivity contribution in [3.8, 4) is 0 Å². The number of ether oxygens (including phenoxy) is 5. The number of aliphatic carboxylic acids is 1. The fraction of sp³-hybridized carbons (Fsp3) is 0.636. The number of carboxylic acid groups (broad SMARTS) is 1. The maximum absolute atomic E-state index is 14.1. The number of nitrogens with two attached hydrogens (primary N) is 2. The van der Waals surface area contributed by atoms with Gasteiger partial charge in [-0.2, -0.15) is 0 Å². The van der Waals surface area contributed by atoms with Crippen molar-refractivity contribution in [3.05, 3.63) is 47.8 Å². The van der Waals surface area contributed by atoms with Crippen molar-refractivity contribution in [2.24, 2.45) is 16.5 Å². The number of alkyl carbamates (subject to hydrolysis) is 1. The van der Waals surface area contributed by atoms with E-state index < -0.39 is 78.4 Å². The summed E-state index contributed by atoms with van der Waals surface area (Å²) in [6.45, 7) is 8.05. The predicted molar refractivity (Wildman–Crippen MR) is 248 cm³/mol. The van der Waals surface area contributed by atoms with Crippen LogP contribution in [0.1, 0.15) is 89.1 Å². The van der Waals surface area contributed by atoms with E-state index in [9.17, 15) is 38.7 Å². The highest BCUT2D eigenvalue weighted by Gasteiger charge is 2.32. The van der Waals surface area contributed by atoms with Crippen molar-refractivity contribution in [2.75, 3.05) is 79.0 Å². The molecule has 0 radical (unpaired) electrons. The number of aliphatic imine (C=N–C) groups is 1. The van der Waals surface area contributed by atoms with Crippen molar-refractivity contribution in [3.63, 3.8) is 0 Å². The van der Waals surface area contributed by atoms with Gasteiger partial charge in [-0.1, -0.05) is 35.5 Å². The highest BCUT2D eigenvalue weighted by Crippen LogP contribution is 2.21. The van der Waals surface area contributed by atoms with Gasteiger partial charge in [-0.05, 0) is 64.9 Å². The number of carbonyl (C=O) groups excluding carboxylic acids is 6. The average molecular weight is 975 g/mol. The number of amides is 6. The molecule has 2 heterocycles. The number of guanidine groups is 1. The summed E-state index contributed by atoms with van der Waals surface area (Å²) in [7, 11) is 0. The summed E-state index contributed by atoms with van der Waals surface area (Å²) >= 11 is 0. The fourth-order valence-electron chi connectivity index (χ4n) is 6.54. The van der Waals surface area contributed by atoms with Crippen molar-refractivity contribution in [2.45, 2.75) is 102 Å². The first-order valence-electron chi connectivity index (χ1n) is 23.0. The van der Waals surface area contributed by atoms with Gasteiger partial charge in [0, 0.05) is 26.1 Å². The number of rotatable bonds is 28. The molecule has 2 bridgehead atoms. The Morgan fingerprint density at radius 3 is 2.09 bits per heavy atom. The first-order chi connectivity index (χ1) is 33.0. The van der Waals surface area contributed by atoms with Crippen LogP contribution >= 0.6 is 0 Å². The van der Waals surface area contributed by atoms with Crippen LogP contribution in [0.4, 0.5) is 4.79 Å². The smallest absolute Gasteiger partial charge is 0.407 e. The zero-order chi connectivity index (χ0) is 50.4. The molecule has 1 aromatic carbocycles. The van der Waals surface area contributed by atoms with E-state index in [4.69, 9.17) is 35.2 Å². The number of hydrogen-bond donors (Lipinski definition) is 9. The second-order valence-electron chi connectivity index (χ2n) is 16.8. The molecule has 0 unspecified atom stereocenters. The molecule has 4 atom stereocenters. The Bertz CT molecular complexity index is 1940. The van der Waals surface area contributed by atoms with Gasteiger partial charge in [0.25, 0.3) is 0 Å². The van der Waals surface area contributed by atoms with Gasteiger partial charge in [-0.15, -0.1) is 5.10 Å². The highest BCUT2D eigenvalue weighted by molar-refractivity contribution is 5.94. The molecule has 69 heavy (non-hydrogen) atoms. The van der Waals surface area contributed by atoms with Crippen molar-refractivity contribution >= 4 is 47.6 Å². The number of fused-ring (bicyclic) bond motifs is 2. The molecule has 0 saturated carbocycles. The fourth-order valence-corrected chi connectivity index (χ4v) is 6.54. The summed E-state index contributed by atoms with van der Waals surface area (Å²) in [6.07, 6.45) is 2.02. The van der Waals surface area contributed by atoms with Gasteiger partial charge in [0.1, 0.15) is 29.4 Å². The van der Waals surface area contributed by atoms with Crippen LogP contribution < -0.4 is 43.4 Å². The molecule has 3 rings (SSSR count). The number of aromatic nitrogens is 3. The number of carboxylic acids is 1. The quantitative estimate of drug-likeness (QED) is 0.0284. The maximum atomic E-state index is 14.1. The monoisotopic (exact) mass is 975 g/mol. The number of carbonyl (C=O) groups is 7. The molecule has 1 aromatic heterocycles. The van der Waals surface area contributed by atoms with Crippen LogP contribution in [0.2, 0.25) is 0 Å². The highest BCUT2D eigenvalue weighted by atomic mass is 16.6. The van der Waals surface area contributed by atoms with E-state index in [2.05, 4.69) is 47.2 Å². The third-order valence-corrected chi connectivity index (χ3v) is 9.87. The Hall–Kier alpha value is -6.44.